The molecule has 0 saturated carbocycles. The summed E-state index contributed by atoms with van der Waals surface area (Å²) in [7, 11) is 0. The molecule has 0 aliphatic rings. The average molecular weight is 304 g/mol. The van der Waals surface area contributed by atoms with Gasteiger partial charge in [-0.25, -0.2) is 0 Å². The van der Waals surface area contributed by atoms with Gasteiger partial charge in [0.1, 0.15) is 5.76 Å². The quantitative estimate of drug-likeness (QED) is 0.481. The van der Waals surface area contributed by atoms with Crippen molar-refractivity contribution in [3.8, 4) is 0 Å². The third-order valence-electron chi connectivity index (χ3n) is 3.14. The Labute approximate surface area is 129 Å². The van der Waals surface area contributed by atoms with E-state index in [0.29, 0.717) is 12.1 Å². The molecule has 0 aliphatic heterocycles. The first-order chi connectivity index (χ1) is 10.1. The number of aryl methyl sites for hydroxylation is 2. The molecule has 1 heterocycles. The Morgan fingerprint density at radius 2 is 2.14 bits per heavy atom. The van der Waals surface area contributed by atoms with E-state index in [9.17, 15) is 4.79 Å². The van der Waals surface area contributed by atoms with Gasteiger partial charge in [0.05, 0.1) is 6.26 Å². The highest BCUT2D eigenvalue weighted by atomic mass is 32.2. The van der Waals surface area contributed by atoms with Gasteiger partial charge in [-0.05, 0) is 55.9 Å². The van der Waals surface area contributed by atoms with Crippen LogP contribution in [-0.4, -0.2) is 11.7 Å². The predicted molar refractivity (Wildman–Crippen MR) is 87.6 cm³/mol. The summed E-state index contributed by atoms with van der Waals surface area (Å²) in [6, 6.07) is 7.44. The van der Waals surface area contributed by atoms with Crippen molar-refractivity contribution in [1.82, 2.24) is 0 Å². The maximum absolute atomic E-state index is 11.9. The van der Waals surface area contributed by atoms with Crippen molar-refractivity contribution in [3.05, 3.63) is 41.9 Å². The fourth-order valence-electron chi connectivity index (χ4n) is 1.98. The maximum Gasteiger partial charge on any atom is 0.224 e. The minimum absolute atomic E-state index is 0.0346. The Morgan fingerprint density at radius 3 is 2.81 bits per heavy atom. The number of hydrogen-bond acceptors (Lipinski definition) is 4. The Hall–Kier alpha value is -1.88. The Kier molecular flexibility index (Phi) is 5.33. The fourth-order valence-corrected chi connectivity index (χ4v) is 2.89. The van der Waals surface area contributed by atoms with Gasteiger partial charge in [-0.3, -0.25) is 4.79 Å². The fraction of sp³-hybridized carbons (Fsp3) is 0.312. The average Bonchev–Trinajstić information content (AvgIpc) is 2.84. The van der Waals surface area contributed by atoms with Crippen molar-refractivity contribution < 1.29 is 9.21 Å². The molecule has 0 aliphatic carbocycles. The SMILES string of the molecule is Cc1cc(N)ccc1NC(=O)CCCSc1ccoc1C. The van der Waals surface area contributed by atoms with E-state index < -0.39 is 0 Å². The van der Waals surface area contributed by atoms with Crippen LogP contribution in [0.1, 0.15) is 24.2 Å². The van der Waals surface area contributed by atoms with E-state index in [4.69, 9.17) is 10.2 Å². The first kappa shape index (κ1) is 15.5. The lowest BCUT2D eigenvalue weighted by Gasteiger charge is -2.09. The number of nitrogen functional groups attached to an aromatic ring is 1. The third kappa shape index (κ3) is 4.56. The number of benzene rings is 1. The molecular weight excluding hydrogens is 284 g/mol. The zero-order chi connectivity index (χ0) is 15.2. The summed E-state index contributed by atoms with van der Waals surface area (Å²) < 4.78 is 5.23. The summed E-state index contributed by atoms with van der Waals surface area (Å²) in [6.45, 7) is 3.88. The summed E-state index contributed by atoms with van der Waals surface area (Å²) in [4.78, 5) is 13.1. The largest absolute Gasteiger partial charge is 0.468 e. The summed E-state index contributed by atoms with van der Waals surface area (Å²) in [6.07, 6.45) is 3.02. The van der Waals surface area contributed by atoms with Gasteiger partial charge in [0.15, 0.2) is 0 Å². The molecule has 5 heteroatoms. The molecular formula is C16H20N2O2S. The maximum atomic E-state index is 11.9. The summed E-state index contributed by atoms with van der Waals surface area (Å²) >= 11 is 1.72. The number of anilines is 2. The van der Waals surface area contributed by atoms with E-state index in [1.54, 1.807) is 24.1 Å². The molecule has 1 amide bonds. The van der Waals surface area contributed by atoms with Crippen LogP contribution in [0.3, 0.4) is 0 Å². The van der Waals surface area contributed by atoms with Gasteiger partial charge < -0.3 is 15.5 Å². The Morgan fingerprint density at radius 1 is 1.33 bits per heavy atom. The number of furan rings is 1. The van der Waals surface area contributed by atoms with Crippen LogP contribution in [0.4, 0.5) is 11.4 Å². The summed E-state index contributed by atoms with van der Waals surface area (Å²) in [5.41, 5.74) is 8.20. The number of nitrogens with two attached hydrogens (primary N) is 1. The zero-order valence-electron chi connectivity index (χ0n) is 12.3. The van der Waals surface area contributed by atoms with Crippen molar-refractivity contribution in [2.24, 2.45) is 0 Å². The van der Waals surface area contributed by atoms with E-state index >= 15 is 0 Å². The van der Waals surface area contributed by atoms with Crippen LogP contribution in [0.2, 0.25) is 0 Å². The van der Waals surface area contributed by atoms with Gasteiger partial charge >= 0.3 is 0 Å². The molecule has 0 saturated heterocycles. The van der Waals surface area contributed by atoms with E-state index in [1.807, 2.05) is 32.0 Å². The normalized spacial score (nSPS) is 10.6. The number of carbonyl (C=O) groups excluding carboxylic acids is 1. The smallest absolute Gasteiger partial charge is 0.224 e. The number of nitrogens with one attached hydrogen (secondary N) is 1. The lowest BCUT2D eigenvalue weighted by molar-refractivity contribution is -0.116. The van der Waals surface area contributed by atoms with Crippen LogP contribution in [-0.2, 0) is 4.79 Å². The number of thioether (sulfide) groups is 1. The molecule has 0 fully saturated rings. The standard InChI is InChI=1S/C16H20N2O2S/c1-11-10-13(17)5-6-14(11)18-16(19)4-3-9-21-15-7-8-20-12(15)2/h5-8,10H,3-4,9,17H2,1-2H3,(H,18,19). The molecule has 3 N–H and O–H groups in total. The minimum atomic E-state index is 0.0346. The Balaban J connectivity index is 1.73. The zero-order valence-corrected chi connectivity index (χ0v) is 13.1. The van der Waals surface area contributed by atoms with E-state index in [-0.39, 0.29) is 5.91 Å². The van der Waals surface area contributed by atoms with Crippen LogP contribution < -0.4 is 11.1 Å². The van der Waals surface area contributed by atoms with Crippen LogP contribution >= 0.6 is 11.8 Å². The molecule has 0 unspecified atom stereocenters. The molecule has 0 atom stereocenters. The van der Waals surface area contributed by atoms with Crippen LogP contribution in [0.15, 0.2) is 39.8 Å². The molecule has 0 spiro atoms. The van der Waals surface area contributed by atoms with Crippen LogP contribution in [0, 0.1) is 13.8 Å². The molecule has 0 radical (unpaired) electrons. The van der Waals surface area contributed by atoms with Crippen molar-refractivity contribution in [3.63, 3.8) is 0 Å². The van der Waals surface area contributed by atoms with Crippen molar-refractivity contribution >= 4 is 29.0 Å². The van der Waals surface area contributed by atoms with Gasteiger partial charge in [-0.1, -0.05) is 0 Å². The van der Waals surface area contributed by atoms with Gasteiger partial charge in [-0.2, -0.15) is 0 Å². The highest BCUT2D eigenvalue weighted by molar-refractivity contribution is 7.99. The first-order valence-corrected chi connectivity index (χ1v) is 7.87. The first-order valence-electron chi connectivity index (χ1n) is 6.89. The topological polar surface area (TPSA) is 68.3 Å². The molecule has 2 aromatic rings. The van der Waals surface area contributed by atoms with Crippen LogP contribution in [0.25, 0.3) is 0 Å². The van der Waals surface area contributed by atoms with Crippen molar-refractivity contribution in [2.45, 2.75) is 31.6 Å². The van der Waals surface area contributed by atoms with E-state index in [2.05, 4.69) is 5.32 Å². The highest BCUT2D eigenvalue weighted by Crippen LogP contribution is 2.24. The second kappa shape index (κ2) is 7.22. The van der Waals surface area contributed by atoms with E-state index in [1.165, 1.54) is 0 Å². The van der Waals surface area contributed by atoms with Gasteiger partial charge in [0.25, 0.3) is 0 Å². The van der Waals surface area contributed by atoms with Gasteiger partial charge in [0.2, 0.25) is 5.91 Å². The lowest BCUT2D eigenvalue weighted by Crippen LogP contribution is -2.12. The Bertz CT molecular complexity index is 622. The minimum Gasteiger partial charge on any atom is -0.468 e. The number of amides is 1. The second-order valence-electron chi connectivity index (χ2n) is 4.92. The molecule has 21 heavy (non-hydrogen) atoms. The van der Waals surface area contributed by atoms with Crippen LogP contribution in [0.5, 0.6) is 0 Å². The van der Waals surface area contributed by atoms with Crippen molar-refractivity contribution in [2.75, 3.05) is 16.8 Å². The summed E-state index contributed by atoms with van der Waals surface area (Å²) in [5, 5.41) is 2.92. The van der Waals surface area contributed by atoms with Crippen molar-refractivity contribution in [1.29, 1.82) is 0 Å². The number of carbonyl (C=O) groups is 1. The number of rotatable bonds is 6. The molecule has 2 rings (SSSR count). The molecule has 4 nitrogen and oxygen atoms in total. The van der Waals surface area contributed by atoms with E-state index in [0.717, 1.165) is 34.1 Å². The molecule has 1 aromatic carbocycles. The predicted octanol–water partition coefficient (Wildman–Crippen LogP) is 3.99. The van der Waals surface area contributed by atoms with Gasteiger partial charge in [-0.15, -0.1) is 11.8 Å². The lowest BCUT2D eigenvalue weighted by atomic mass is 10.1. The highest BCUT2D eigenvalue weighted by Gasteiger charge is 2.06. The molecule has 0 bridgehead atoms. The number of hydrogen-bond donors (Lipinski definition) is 2. The summed E-state index contributed by atoms with van der Waals surface area (Å²) in [5.74, 6) is 1.86. The van der Waals surface area contributed by atoms with Gasteiger partial charge in [0, 0.05) is 22.7 Å². The monoisotopic (exact) mass is 304 g/mol. The third-order valence-corrected chi connectivity index (χ3v) is 4.37. The molecule has 1 aromatic heterocycles. The molecule has 112 valence electrons. The second-order valence-corrected chi connectivity index (χ2v) is 6.05.